The number of carbonyl (C=O) groups is 1. The summed E-state index contributed by atoms with van der Waals surface area (Å²) in [6.45, 7) is 2.75. The number of nitrogens with zero attached hydrogens (tertiary/aromatic N) is 4. The van der Waals surface area contributed by atoms with Gasteiger partial charge in [0.2, 0.25) is 0 Å². The Kier molecular flexibility index (Phi) is 4.90. The van der Waals surface area contributed by atoms with Gasteiger partial charge in [0.25, 0.3) is 5.91 Å². The third-order valence-electron chi connectivity index (χ3n) is 4.75. The summed E-state index contributed by atoms with van der Waals surface area (Å²) in [5.41, 5.74) is 2.90. The van der Waals surface area contributed by atoms with Gasteiger partial charge in [0.1, 0.15) is 0 Å². The fourth-order valence-corrected chi connectivity index (χ4v) is 3.54. The first-order chi connectivity index (χ1) is 11.6. The van der Waals surface area contributed by atoms with Gasteiger partial charge in [-0.2, -0.15) is 0 Å². The van der Waals surface area contributed by atoms with Crippen LogP contribution in [0.25, 0.3) is 0 Å². The molecule has 0 aliphatic carbocycles. The molecule has 0 radical (unpaired) electrons. The Labute approximate surface area is 143 Å². The van der Waals surface area contributed by atoms with Crippen molar-refractivity contribution >= 4 is 5.91 Å². The van der Waals surface area contributed by atoms with Crippen molar-refractivity contribution in [3.05, 3.63) is 59.7 Å². The van der Waals surface area contributed by atoms with E-state index in [1.165, 1.54) is 5.56 Å². The molecule has 2 aromatic rings. The SMILES string of the molecule is Cc1cncc(C(=O)N2CC[C@@H](N(C)C)[C@@H]2Cc2ccncc2)c1. The normalized spacial score (nSPS) is 20.6. The van der Waals surface area contributed by atoms with E-state index in [1.807, 2.05) is 42.4 Å². The lowest BCUT2D eigenvalue weighted by Crippen LogP contribution is -2.45. The molecule has 0 unspecified atom stereocenters. The lowest BCUT2D eigenvalue weighted by molar-refractivity contribution is 0.0704. The van der Waals surface area contributed by atoms with E-state index in [4.69, 9.17) is 0 Å². The molecule has 24 heavy (non-hydrogen) atoms. The highest BCUT2D eigenvalue weighted by molar-refractivity contribution is 5.94. The van der Waals surface area contributed by atoms with Gasteiger partial charge in [-0.05, 0) is 63.2 Å². The van der Waals surface area contributed by atoms with Crippen molar-refractivity contribution in [3.63, 3.8) is 0 Å². The molecule has 0 N–H and O–H groups in total. The summed E-state index contributed by atoms with van der Waals surface area (Å²) < 4.78 is 0. The van der Waals surface area contributed by atoms with Crippen molar-refractivity contribution in [3.8, 4) is 0 Å². The average molecular weight is 324 g/mol. The Hall–Kier alpha value is -2.27. The van der Waals surface area contributed by atoms with Crippen LogP contribution in [0.3, 0.4) is 0 Å². The summed E-state index contributed by atoms with van der Waals surface area (Å²) in [4.78, 5) is 25.5. The zero-order chi connectivity index (χ0) is 17.1. The number of carbonyl (C=O) groups excluding carboxylic acids is 1. The van der Waals surface area contributed by atoms with Gasteiger partial charge >= 0.3 is 0 Å². The van der Waals surface area contributed by atoms with Crippen LogP contribution in [-0.4, -0.2) is 58.4 Å². The van der Waals surface area contributed by atoms with E-state index in [0.717, 1.165) is 24.9 Å². The first-order valence-electron chi connectivity index (χ1n) is 8.34. The van der Waals surface area contributed by atoms with Crippen LogP contribution in [0.1, 0.15) is 27.9 Å². The van der Waals surface area contributed by atoms with E-state index in [9.17, 15) is 4.79 Å². The molecule has 2 atom stereocenters. The van der Waals surface area contributed by atoms with E-state index in [2.05, 4.69) is 29.0 Å². The van der Waals surface area contributed by atoms with Crippen LogP contribution in [0.15, 0.2) is 43.0 Å². The number of pyridine rings is 2. The van der Waals surface area contributed by atoms with Crippen molar-refractivity contribution in [1.82, 2.24) is 19.8 Å². The van der Waals surface area contributed by atoms with E-state index < -0.39 is 0 Å². The second-order valence-corrected chi connectivity index (χ2v) is 6.70. The summed E-state index contributed by atoms with van der Waals surface area (Å²) >= 11 is 0. The van der Waals surface area contributed by atoms with Crippen LogP contribution in [0, 0.1) is 6.92 Å². The quantitative estimate of drug-likeness (QED) is 0.865. The highest BCUT2D eigenvalue weighted by Crippen LogP contribution is 2.26. The zero-order valence-corrected chi connectivity index (χ0v) is 14.5. The Balaban J connectivity index is 1.86. The van der Waals surface area contributed by atoms with E-state index >= 15 is 0 Å². The molecule has 0 saturated carbocycles. The number of likely N-dealkylation sites (tertiary alicyclic amines) is 1. The molecule has 0 spiro atoms. The Morgan fingerprint density at radius 1 is 1.25 bits per heavy atom. The molecule has 1 fully saturated rings. The van der Waals surface area contributed by atoms with Crippen molar-refractivity contribution in [2.45, 2.75) is 31.8 Å². The molecule has 2 aromatic heterocycles. The Morgan fingerprint density at radius 3 is 2.67 bits per heavy atom. The fraction of sp³-hybridized carbons (Fsp3) is 0.421. The highest BCUT2D eigenvalue weighted by Gasteiger charge is 2.38. The molecular weight excluding hydrogens is 300 g/mol. The first-order valence-corrected chi connectivity index (χ1v) is 8.34. The molecule has 1 saturated heterocycles. The molecular formula is C19H24N4O. The van der Waals surface area contributed by atoms with Crippen molar-refractivity contribution in [2.75, 3.05) is 20.6 Å². The van der Waals surface area contributed by atoms with Crippen LogP contribution in [0.5, 0.6) is 0 Å². The first kappa shape index (κ1) is 16.6. The summed E-state index contributed by atoms with van der Waals surface area (Å²) in [7, 11) is 4.18. The standard InChI is InChI=1S/C19H24N4O/c1-14-10-16(13-21-12-14)19(24)23-9-6-17(22(2)3)18(23)11-15-4-7-20-8-5-15/h4-5,7-8,10,12-13,17-18H,6,9,11H2,1-3H3/t17-,18+/m1/s1. The minimum atomic E-state index is 0.0783. The van der Waals surface area contributed by atoms with Crippen LogP contribution in [0.4, 0.5) is 0 Å². The maximum atomic E-state index is 13.0. The largest absolute Gasteiger partial charge is 0.334 e. The van der Waals surface area contributed by atoms with Crippen LogP contribution >= 0.6 is 0 Å². The summed E-state index contributed by atoms with van der Waals surface area (Å²) in [5.74, 6) is 0.0783. The molecule has 0 aromatic carbocycles. The van der Waals surface area contributed by atoms with E-state index in [-0.39, 0.29) is 11.9 Å². The van der Waals surface area contributed by atoms with Gasteiger partial charge < -0.3 is 9.80 Å². The average Bonchev–Trinajstić information content (AvgIpc) is 2.99. The number of aryl methyl sites for hydroxylation is 1. The number of amides is 1. The molecule has 126 valence electrons. The number of likely N-dealkylation sites (N-methyl/N-ethyl adjacent to an activating group) is 1. The Bertz CT molecular complexity index is 702. The minimum Gasteiger partial charge on any atom is -0.334 e. The third kappa shape index (κ3) is 3.46. The van der Waals surface area contributed by atoms with Crippen LogP contribution in [0.2, 0.25) is 0 Å². The van der Waals surface area contributed by atoms with Gasteiger partial charge in [-0.25, -0.2) is 0 Å². The van der Waals surface area contributed by atoms with E-state index in [0.29, 0.717) is 11.6 Å². The lowest BCUT2D eigenvalue weighted by Gasteiger charge is -2.31. The monoisotopic (exact) mass is 324 g/mol. The second kappa shape index (κ2) is 7.09. The predicted octanol–water partition coefficient (Wildman–Crippen LogP) is 2.17. The summed E-state index contributed by atoms with van der Waals surface area (Å²) in [5, 5.41) is 0. The van der Waals surface area contributed by atoms with Gasteiger partial charge in [-0.15, -0.1) is 0 Å². The smallest absolute Gasteiger partial charge is 0.255 e. The highest BCUT2D eigenvalue weighted by atomic mass is 16.2. The maximum absolute atomic E-state index is 13.0. The molecule has 0 bridgehead atoms. The Morgan fingerprint density at radius 2 is 2.00 bits per heavy atom. The fourth-order valence-electron chi connectivity index (χ4n) is 3.54. The number of aromatic nitrogens is 2. The molecule has 1 amide bonds. The third-order valence-corrected chi connectivity index (χ3v) is 4.75. The van der Waals surface area contributed by atoms with Gasteiger partial charge in [0.05, 0.1) is 11.6 Å². The van der Waals surface area contributed by atoms with Gasteiger partial charge in [-0.1, -0.05) is 0 Å². The maximum Gasteiger partial charge on any atom is 0.255 e. The van der Waals surface area contributed by atoms with Gasteiger partial charge in [0, 0.05) is 37.4 Å². The molecule has 1 aliphatic rings. The number of hydrogen-bond donors (Lipinski definition) is 0. The summed E-state index contributed by atoms with van der Waals surface area (Å²) in [6, 6.07) is 6.50. The molecule has 3 heterocycles. The molecule has 5 nitrogen and oxygen atoms in total. The van der Waals surface area contributed by atoms with Crippen molar-refractivity contribution < 1.29 is 4.79 Å². The lowest BCUT2D eigenvalue weighted by atomic mass is 9.99. The zero-order valence-electron chi connectivity index (χ0n) is 14.5. The van der Waals surface area contributed by atoms with Gasteiger partial charge in [-0.3, -0.25) is 14.8 Å². The molecule has 1 aliphatic heterocycles. The second-order valence-electron chi connectivity index (χ2n) is 6.70. The predicted molar refractivity (Wildman–Crippen MR) is 93.8 cm³/mol. The minimum absolute atomic E-state index is 0.0783. The number of hydrogen-bond acceptors (Lipinski definition) is 4. The van der Waals surface area contributed by atoms with Crippen LogP contribution in [-0.2, 0) is 6.42 Å². The van der Waals surface area contributed by atoms with Gasteiger partial charge in [0.15, 0.2) is 0 Å². The van der Waals surface area contributed by atoms with Crippen LogP contribution < -0.4 is 0 Å². The van der Waals surface area contributed by atoms with Crippen molar-refractivity contribution in [2.24, 2.45) is 0 Å². The molecule has 5 heteroatoms. The van der Waals surface area contributed by atoms with E-state index in [1.54, 1.807) is 12.4 Å². The topological polar surface area (TPSA) is 49.3 Å². The summed E-state index contributed by atoms with van der Waals surface area (Å²) in [6.07, 6.45) is 8.90. The number of rotatable bonds is 4. The van der Waals surface area contributed by atoms with Crippen molar-refractivity contribution in [1.29, 1.82) is 0 Å². The molecule has 3 rings (SSSR count).